The highest BCUT2D eigenvalue weighted by Gasteiger charge is 2.06. The molecule has 1 heterocycles. The van der Waals surface area contributed by atoms with Gasteiger partial charge in [-0.2, -0.15) is 0 Å². The number of unbranched alkanes of at least 4 members (excludes halogenated alkanes) is 2. The van der Waals surface area contributed by atoms with E-state index in [0.717, 1.165) is 24.1 Å². The topological polar surface area (TPSA) is 17.1 Å². The fraction of sp³-hybridized carbons (Fsp3) is 0.278. The van der Waals surface area contributed by atoms with E-state index < -0.39 is 0 Å². The molecule has 0 amide bonds. The first-order valence-electron chi connectivity index (χ1n) is 7.13. The maximum Gasteiger partial charge on any atom is 0.195 e. The van der Waals surface area contributed by atoms with Crippen LogP contribution in [0.1, 0.15) is 46.3 Å². The van der Waals surface area contributed by atoms with Crippen molar-refractivity contribution in [2.75, 3.05) is 0 Å². The zero-order valence-electron chi connectivity index (χ0n) is 11.8. The monoisotopic (exact) mass is 284 g/mol. The number of allylic oxidation sites excluding steroid dienone is 2. The van der Waals surface area contributed by atoms with Crippen LogP contribution in [0.15, 0.2) is 54.6 Å². The van der Waals surface area contributed by atoms with Crippen molar-refractivity contribution in [1.29, 1.82) is 0 Å². The van der Waals surface area contributed by atoms with E-state index in [9.17, 15) is 4.79 Å². The van der Waals surface area contributed by atoms with E-state index in [1.54, 1.807) is 17.4 Å². The molecule has 0 saturated carbocycles. The van der Waals surface area contributed by atoms with E-state index >= 15 is 0 Å². The summed E-state index contributed by atoms with van der Waals surface area (Å²) in [6.45, 7) is 2.16. The van der Waals surface area contributed by atoms with Gasteiger partial charge >= 0.3 is 0 Å². The van der Waals surface area contributed by atoms with E-state index in [1.807, 2.05) is 30.3 Å². The van der Waals surface area contributed by atoms with E-state index in [1.165, 1.54) is 16.9 Å². The van der Waals surface area contributed by atoms with Gasteiger partial charge in [0.25, 0.3) is 0 Å². The Morgan fingerprint density at radius 3 is 2.70 bits per heavy atom. The van der Waals surface area contributed by atoms with Gasteiger partial charge in [0.1, 0.15) is 0 Å². The molecule has 0 aliphatic heterocycles. The average Bonchev–Trinajstić information content (AvgIpc) is 2.93. The molecule has 2 aromatic rings. The number of ketones is 1. The molecule has 0 aliphatic carbocycles. The van der Waals surface area contributed by atoms with Gasteiger partial charge in [-0.3, -0.25) is 4.79 Å². The van der Waals surface area contributed by atoms with Crippen molar-refractivity contribution in [2.45, 2.75) is 32.6 Å². The van der Waals surface area contributed by atoms with Crippen LogP contribution in [0.4, 0.5) is 0 Å². The van der Waals surface area contributed by atoms with Crippen LogP contribution >= 0.6 is 11.3 Å². The van der Waals surface area contributed by atoms with Crippen LogP contribution in [0.2, 0.25) is 0 Å². The van der Waals surface area contributed by atoms with Crippen LogP contribution in [0.25, 0.3) is 0 Å². The van der Waals surface area contributed by atoms with Gasteiger partial charge in [-0.05, 0) is 30.2 Å². The van der Waals surface area contributed by atoms with Crippen LogP contribution in [0.5, 0.6) is 0 Å². The molecule has 0 radical (unpaired) electrons. The number of benzene rings is 1. The predicted molar refractivity (Wildman–Crippen MR) is 86.6 cm³/mol. The van der Waals surface area contributed by atoms with Gasteiger partial charge in [-0.15, -0.1) is 11.3 Å². The summed E-state index contributed by atoms with van der Waals surface area (Å²) >= 11 is 1.60. The van der Waals surface area contributed by atoms with Gasteiger partial charge in [0.15, 0.2) is 5.78 Å². The third-order valence-electron chi connectivity index (χ3n) is 3.12. The SMILES string of the molecule is CCCC/C=C/C(=O)c1ccc(Cc2ccccc2)s1. The standard InChI is InChI=1S/C18H20OS/c1-2-3-4-8-11-17(19)18-13-12-16(20-18)14-15-9-6-5-7-10-15/h5-13H,2-4,14H2,1H3/b11-8+. The molecule has 0 atom stereocenters. The molecule has 1 aromatic heterocycles. The second-order valence-electron chi connectivity index (χ2n) is 4.84. The molecular formula is C18H20OS. The first kappa shape index (κ1) is 14.7. The molecule has 0 aliphatic rings. The van der Waals surface area contributed by atoms with Crippen LogP contribution in [-0.2, 0) is 6.42 Å². The van der Waals surface area contributed by atoms with Crippen molar-refractivity contribution >= 4 is 17.1 Å². The first-order chi connectivity index (χ1) is 9.79. The smallest absolute Gasteiger partial charge is 0.195 e. The third-order valence-corrected chi connectivity index (χ3v) is 4.22. The lowest BCUT2D eigenvalue weighted by molar-refractivity contribution is 0.105. The van der Waals surface area contributed by atoms with Gasteiger partial charge in [0, 0.05) is 11.3 Å². The van der Waals surface area contributed by atoms with Gasteiger partial charge in [0.05, 0.1) is 4.88 Å². The molecule has 0 fully saturated rings. The zero-order chi connectivity index (χ0) is 14.2. The predicted octanol–water partition coefficient (Wildman–Crippen LogP) is 5.27. The molecular weight excluding hydrogens is 264 g/mol. The molecule has 0 bridgehead atoms. The van der Waals surface area contributed by atoms with E-state index in [-0.39, 0.29) is 5.78 Å². The van der Waals surface area contributed by atoms with E-state index in [4.69, 9.17) is 0 Å². The highest BCUT2D eigenvalue weighted by Crippen LogP contribution is 2.20. The molecule has 104 valence electrons. The summed E-state index contributed by atoms with van der Waals surface area (Å²) in [6, 6.07) is 14.4. The Kier molecular flexibility index (Phi) is 5.75. The maximum absolute atomic E-state index is 12.0. The fourth-order valence-electron chi connectivity index (χ4n) is 2.00. The maximum atomic E-state index is 12.0. The molecule has 2 heteroatoms. The lowest BCUT2D eigenvalue weighted by Crippen LogP contribution is -1.88. The summed E-state index contributed by atoms with van der Waals surface area (Å²) in [7, 11) is 0. The van der Waals surface area contributed by atoms with Crippen LogP contribution < -0.4 is 0 Å². The number of carbonyl (C=O) groups is 1. The minimum absolute atomic E-state index is 0.130. The van der Waals surface area contributed by atoms with Gasteiger partial charge in [-0.25, -0.2) is 0 Å². The lowest BCUT2D eigenvalue weighted by atomic mass is 10.1. The Labute approximate surface area is 125 Å². The minimum atomic E-state index is 0.130. The van der Waals surface area contributed by atoms with Crippen molar-refractivity contribution in [1.82, 2.24) is 0 Å². The molecule has 1 aromatic carbocycles. The summed E-state index contributed by atoms with van der Waals surface area (Å²) in [5, 5.41) is 0. The zero-order valence-corrected chi connectivity index (χ0v) is 12.7. The Morgan fingerprint density at radius 2 is 1.95 bits per heavy atom. The normalized spacial score (nSPS) is 11.1. The molecule has 0 spiro atoms. The number of thiophene rings is 1. The fourth-order valence-corrected chi connectivity index (χ4v) is 2.96. The van der Waals surface area contributed by atoms with Crippen molar-refractivity contribution in [3.8, 4) is 0 Å². The second kappa shape index (κ2) is 7.81. The average molecular weight is 284 g/mol. The lowest BCUT2D eigenvalue weighted by Gasteiger charge is -1.97. The van der Waals surface area contributed by atoms with Crippen molar-refractivity contribution in [3.05, 3.63) is 69.9 Å². The van der Waals surface area contributed by atoms with Gasteiger partial charge in [-0.1, -0.05) is 56.2 Å². The Bertz CT molecular complexity index is 566. The quantitative estimate of drug-likeness (QED) is 0.384. The molecule has 0 unspecified atom stereocenters. The summed E-state index contributed by atoms with van der Waals surface area (Å²) in [4.78, 5) is 14.1. The number of hydrogen-bond acceptors (Lipinski definition) is 2. The minimum Gasteiger partial charge on any atom is -0.288 e. The Hall–Kier alpha value is -1.67. The number of carbonyl (C=O) groups excluding carboxylic acids is 1. The van der Waals surface area contributed by atoms with Crippen molar-refractivity contribution in [2.24, 2.45) is 0 Å². The largest absolute Gasteiger partial charge is 0.288 e. The van der Waals surface area contributed by atoms with Crippen molar-refractivity contribution < 1.29 is 4.79 Å². The third kappa shape index (κ3) is 4.46. The van der Waals surface area contributed by atoms with Crippen LogP contribution in [0.3, 0.4) is 0 Å². The highest BCUT2D eigenvalue weighted by molar-refractivity contribution is 7.14. The molecule has 1 nitrogen and oxygen atoms in total. The van der Waals surface area contributed by atoms with E-state index in [0.29, 0.717) is 0 Å². The molecule has 20 heavy (non-hydrogen) atoms. The van der Waals surface area contributed by atoms with Gasteiger partial charge in [0.2, 0.25) is 0 Å². The number of hydrogen-bond donors (Lipinski definition) is 0. The van der Waals surface area contributed by atoms with Crippen LogP contribution in [0, 0.1) is 0 Å². The molecule has 2 rings (SSSR count). The second-order valence-corrected chi connectivity index (χ2v) is 6.01. The number of rotatable bonds is 7. The summed E-state index contributed by atoms with van der Waals surface area (Å²) in [6.07, 6.45) is 7.91. The first-order valence-corrected chi connectivity index (χ1v) is 7.94. The van der Waals surface area contributed by atoms with Crippen molar-refractivity contribution in [3.63, 3.8) is 0 Å². The summed E-state index contributed by atoms with van der Waals surface area (Å²) in [5.41, 5.74) is 1.28. The summed E-state index contributed by atoms with van der Waals surface area (Å²) < 4.78 is 0. The Balaban J connectivity index is 1.95. The van der Waals surface area contributed by atoms with Gasteiger partial charge < -0.3 is 0 Å². The molecule has 0 N–H and O–H groups in total. The molecule has 0 saturated heterocycles. The summed E-state index contributed by atoms with van der Waals surface area (Å²) in [5.74, 6) is 0.130. The van der Waals surface area contributed by atoms with E-state index in [2.05, 4.69) is 25.1 Å². The van der Waals surface area contributed by atoms with Crippen LogP contribution in [-0.4, -0.2) is 5.78 Å². The highest BCUT2D eigenvalue weighted by atomic mass is 32.1. The Morgan fingerprint density at radius 1 is 1.15 bits per heavy atom.